The van der Waals surface area contributed by atoms with Gasteiger partial charge in [0.1, 0.15) is 0 Å². The van der Waals surface area contributed by atoms with Gasteiger partial charge in [-0.3, -0.25) is 10.1 Å². The Balaban J connectivity index is 1.27. The van der Waals surface area contributed by atoms with Crippen molar-refractivity contribution < 1.29 is 14.8 Å². The highest BCUT2D eigenvalue weighted by molar-refractivity contribution is 5.93. The van der Waals surface area contributed by atoms with Crippen molar-refractivity contribution in [2.24, 2.45) is 51.5 Å². The van der Waals surface area contributed by atoms with E-state index in [0.29, 0.717) is 22.8 Å². The van der Waals surface area contributed by atoms with E-state index in [1.807, 2.05) is 7.05 Å². The van der Waals surface area contributed by atoms with E-state index in [1.54, 1.807) is 6.07 Å². The highest BCUT2D eigenvalue weighted by atomic mass is 16.6. The third-order valence-corrected chi connectivity index (χ3v) is 12.1. The second kappa shape index (κ2) is 12.1. The Labute approximate surface area is 250 Å². The number of anilines is 1. The van der Waals surface area contributed by atoms with Gasteiger partial charge in [-0.25, -0.2) is 4.63 Å². The normalized spacial score (nSPS) is 32.7. The molecule has 0 spiro atoms. The lowest BCUT2D eigenvalue weighted by atomic mass is 9.47. The number of benzene rings is 1. The van der Waals surface area contributed by atoms with Gasteiger partial charge in [0.2, 0.25) is 5.52 Å². The van der Waals surface area contributed by atoms with E-state index < -0.39 is 4.92 Å². The number of non-ortho nitro benzene ring substituents is 1. The highest BCUT2D eigenvalue weighted by Crippen LogP contribution is 2.66. The third kappa shape index (κ3) is 5.41. The average molecular weight is 582 g/mol. The molecule has 1 heterocycles. The zero-order valence-corrected chi connectivity index (χ0v) is 26.5. The SMILES string of the molecule is CC(C)CCC[C@@H](C)C1CCC2C3CC/C(=N/O)[C@](C)(CCCN(C)c4ccc([N+](=O)[O-])c5nonc45)C3CC[C@@]21C. The van der Waals surface area contributed by atoms with Crippen LogP contribution in [0.2, 0.25) is 0 Å². The topological polar surface area (TPSA) is 118 Å². The van der Waals surface area contributed by atoms with Crippen molar-refractivity contribution in [3.63, 3.8) is 0 Å². The molecule has 3 aliphatic carbocycles. The molecule has 232 valence electrons. The summed E-state index contributed by atoms with van der Waals surface area (Å²) in [7, 11) is 1.98. The van der Waals surface area contributed by atoms with Gasteiger partial charge in [0.05, 0.1) is 16.3 Å². The summed E-state index contributed by atoms with van der Waals surface area (Å²) in [4.78, 5) is 13.0. The minimum atomic E-state index is -0.457. The van der Waals surface area contributed by atoms with Crippen LogP contribution in [0.25, 0.3) is 11.0 Å². The molecule has 3 aliphatic rings. The predicted molar refractivity (Wildman–Crippen MR) is 166 cm³/mol. The molecule has 9 heteroatoms. The zero-order chi connectivity index (χ0) is 30.2. The molecular weight excluding hydrogens is 530 g/mol. The van der Waals surface area contributed by atoms with Gasteiger partial charge in [0.25, 0.3) is 0 Å². The van der Waals surface area contributed by atoms with Gasteiger partial charge in [0, 0.05) is 25.1 Å². The molecule has 42 heavy (non-hydrogen) atoms. The second-order valence-corrected chi connectivity index (χ2v) is 14.8. The largest absolute Gasteiger partial charge is 0.411 e. The molecule has 9 nitrogen and oxygen atoms in total. The van der Waals surface area contributed by atoms with Gasteiger partial charge in [-0.2, -0.15) is 0 Å². The number of oxime groups is 1. The number of fused-ring (bicyclic) bond motifs is 4. The highest BCUT2D eigenvalue weighted by Gasteiger charge is 2.59. The maximum Gasteiger partial charge on any atom is 0.300 e. The van der Waals surface area contributed by atoms with E-state index in [-0.39, 0.29) is 16.6 Å². The number of aromatic nitrogens is 2. The van der Waals surface area contributed by atoms with Gasteiger partial charge in [-0.05, 0) is 109 Å². The second-order valence-electron chi connectivity index (χ2n) is 14.8. The summed E-state index contributed by atoms with van der Waals surface area (Å²) in [5.41, 5.74) is 2.54. The molecule has 0 radical (unpaired) electrons. The van der Waals surface area contributed by atoms with Crippen molar-refractivity contribution in [1.29, 1.82) is 0 Å². The van der Waals surface area contributed by atoms with Crippen molar-refractivity contribution in [2.75, 3.05) is 18.5 Å². The fourth-order valence-corrected chi connectivity index (χ4v) is 9.90. The molecule has 3 fully saturated rings. The number of rotatable bonds is 11. The monoisotopic (exact) mass is 581 g/mol. The summed E-state index contributed by atoms with van der Waals surface area (Å²) in [6, 6.07) is 3.20. The first-order chi connectivity index (χ1) is 20.0. The molecule has 3 saturated carbocycles. The molecule has 0 amide bonds. The van der Waals surface area contributed by atoms with Crippen molar-refractivity contribution in [3.8, 4) is 0 Å². The van der Waals surface area contributed by atoms with Gasteiger partial charge in [-0.15, -0.1) is 0 Å². The van der Waals surface area contributed by atoms with Crippen LogP contribution in [0.3, 0.4) is 0 Å². The fourth-order valence-electron chi connectivity index (χ4n) is 9.90. The van der Waals surface area contributed by atoms with E-state index in [4.69, 9.17) is 4.63 Å². The maximum atomic E-state index is 11.4. The van der Waals surface area contributed by atoms with Gasteiger partial charge >= 0.3 is 5.69 Å². The molecule has 2 aromatic rings. The van der Waals surface area contributed by atoms with Crippen LogP contribution in [0.1, 0.15) is 105 Å². The zero-order valence-electron chi connectivity index (χ0n) is 26.5. The minimum Gasteiger partial charge on any atom is -0.411 e. The Kier molecular flexibility index (Phi) is 8.87. The summed E-state index contributed by atoms with van der Waals surface area (Å²) in [6.45, 7) is 12.9. The lowest BCUT2D eigenvalue weighted by Gasteiger charge is -2.57. The van der Waals surface area contributed by atoms with Crippen molar-refractivity contribution in [2.45, 2.75) is 105 Å². The van der Waals surface area contributed by atoms with E-state index >= 15 is 0 Å². The van der Waals surface area contributed by atoms with Crippen molar-refractivity contribution in [3.05, 3.63) is 22.2 Å². The van der Waals surface area contributed by atoms with Gasteiger partial charge < -0.3 is 10.1 Å². The summed E-state index contributed by atoms with van der Waals surface area (Å²) in [6.07, 6.45) is 13.2. The minimum absolute atomic E-state index is 0.101. The van der Waals surface area contributed by atoms with Crippen molar-refractivity contribution >= 4 is 28.1 Å². The van der Waals surface area contributed by atoms with Gasteiger partial charge in [-0.1, -0.05) is 59.0 Å². The molecule has 0 aliphatic heterocycles. The Morgan fingerprint density at radius 1 is 1.10 bits per heavy atom. The molecule has 5 rings (SSSR count). The van der Waals surface area contributed by atoms with Crippen molar-refractivity contribution in [1.82, 2.24) is 10.3 Å². The summed E-state index contributed by atoms with van der Waals surface area (Å²) in [5.74, 6) is 4.41. The molecule has 1 aromatic carbocycles. The number of nitrogens with zero attached hydrogens (tertiary/aromatic N) is 5. The Hall–Kier alpha value is -2.71. The first-order valence-corrected chi connectivity index (χ1v) is 16.3. The van der Waals surface area contributed by atoms with E-state index in [9.17, 15) is 15.3 Å². The maximum absolute atomic E-state index is 11.4. The summed E-state index contributed by atoms with van der Waals surface area (Å²) in [5, 5.41) is 33.2. The average Bonchev–Trinajstić information content (AvgIpc) is 3.57. The lowest BCUT2D eigenvalue weighted by molar-refractivity contribution is -0.383. The van der Waals surface area contributed by atoms with Gasteiger partial charge in [0.15, 0.2) is 5.52 Å². The Morgan fingerprint density at radius 3 is 2.57 bits per heavy atom. The number of hydrogen-bond donors (Lipinski definition) is 1. The van der Waals surface area contributed by atoms with E-state index in [2.05, 4.69) is 55.0 Å². The molecule has 7 atom stereocenters. The van der Waals surface area contributed by atoms with Crippen LogP contribution in [0.15, 0.2) is 21.9 Å². The van der Waals surface area contributed by atoms with Crippen LogP contribution in [-0.2, 0) is 0 Å². The summed E-state index contributed by atoms with van der Waals surface area (Å²) < 4.78 is 4.87. The van der Waals surface area contributed by atoms with E-state index in [1.165, 1.54) is 51.0 Å². The van der Waals surface area contributed by atoms with Crippen LogP contribution in [0.4, 0.5) is 11.4 Å². The smallest absolute Gasteiger partial charge is 0.300 e. The van der Waals surface area contributed by atoms with Crippen LogP contribution in [0.5, 0.6) is 0 Å². The van der Waals surface area contributed by atoms with Crippen LogP contribution in [-0.4, -0.2) is 39.7 Å². The molecule has 0 saturated heterocycles. The summed E-state index contributed by atoms with van der Waals surface area (Å²) >= 11 is 0. The molecule has 1 N–H and O–H groups in total. The number of hydrogen-bond acceptors (Lipinski definition) is 8. The Bertz CT molecular complexity index is 1290. The number of nitro groups is 1. The number of nitro benzene ring substituents is 1. The third-order valence-electron chi connectivity index (χ3n) is 12.1. The van der Waals surface area contributed by atoms with Crippen LogP contribution >= 0.6 is 0 Å². The first kappa shape index (κ1) is 30.7. The van der Waals surface area contributed by atoms with E-state index in [0.717, 1.165) is 67.3 Å². The predicted octanol–water partition coefficient (Wildman–Crippen LogP) is 8.50. The standard InChI is InChI=1S/C33H51N5O4/c1-21(2)9-7-10-22(3)24-12-13-25-23-11-16-29(34-39)33(5,26(23)17-19-32(24,25)4)18-8-20-37(6)27-14-15-28(38(40)41)31-30(27)35-42-36-31/h14-15,21-26,39H,7-13,16-20H2,1-6H3/b34-29-/t22-,23?,24?,25?,26?,32-,33-/m1/s1. The molecule has 0 bridgehead atoms. The lowest BCUT2D eigenvalue weighted by Crippen LogP contribution is -2.52. The van der Waals surface area contributed by atoms with Crippen LogP contribution in [0, 0.1) is 56.5 Å². The Morgan fingerprint density at radius 2 is 1.86 bits per heavy atom. The molecule has 4 unspecified atom stereocenters. The fraction of sp³-hybridized carbons (Fsp3) is 0.788. The quantitative estimate of drug-likeness (QED) is 0.160. The van der Waals surface area contributed by atoms with Crippen LogP contribution < -0.4 is 4.90 Å². The first-order valence-electron chi connectivity index (χ1n) is 16.3. The molecular formula is C33H51N5O4. The molecule has 1 aromatic heterocycles.